The number of aromatic nitrogens is 3. The second-order valence-electron chi connectivity index (χ2n) is 7.12. The van der Waals surface area contributed by atoms with Crippen molar-refractivity contribution >= 4 is 23.1 Å². The molecule has 0 spiro atoms. The van der Waals surface area contributed by atoms with Gasteiger partial charge in [-0.1, -0.05) is 17.7 Å². The Bertz CT molecular complexity index is 958. The summed E-state index contributed by atoms with van der Waals surface area (Å²) in [5.41, 5.74) is 2.22. The summed E-state index contributed by atoms with van der Waals surface area (Å²) < 4.78 is 11.3. The summed E-state index contributed by atoms with van der Waals surface area (Å²) in [5.74, 6) is 0.481. The van der Waals surface area contributed by atoms with E-state index in [0.29, 0.717) is 49.1 Å². The van der Waals surface area contributed by atoms with Crippen LogP contribution in [0.1, 0.15) is 31.0 Å². The molecule has 1 N–H and O–H groups in total. The zero-order valence-electron chi connectivity index (χ0n) is 17.1. The van der Waals surface area contributed by atoms with Gasteiger partial charge >= 0.3 is 0 Å². The number of aromatic amines is 1. The van der Waals surface area contributed by atoms with Crippen LogP contribution in [0.3, 0.4) is 0 Å². The van der Waals surface area contributed by atoms with E-state index in [1.54, 1.807) is 13.1 Å². The molecule has 0 aliphatic carbocycles. The van der Waals surface area contributed by atoms with Crippen molar-refractivity contribution in [3.05, 3.63) is 57.2 Å². The quantitative estimate of drug-likeness (QED) is 0.644. The van der Waals surface area contributed by atoms with Crippen molar-refractivity contribution in [1.29, 1.82) is 0 Å². The number of hydrogen-bond donors (Lipinski definition) is 1. The standard InChI is InChI=1S/C21H25ClN4O4/c1-14(30-19-12-24-25-21(28)15(19)2)13-29-10-7-20(27)26-8-5-16(6-9-26)18-4-3-17(22)11-23-18/h3-5,11-12,14H,6-10,13H2,1-2H3,(H,25,28)/t14-/m0/s1. The molecule has 3 rings (SSSR count). The third kappa shape index (κ3) is 5.90. The first-order valence-electron chi connectivity index (χ1n) is 9.81. The first-order chi connectivity index (χ1) is 14.4. The first-order valence-corrected chi connectivity index (χ1v) is 10.2. The fraction of sp³-hybridized carbons (Fsp3) is 0.429. The van der Waals surface area contributed by atoms with E-state index >= 15 is 0 Å². The van der Waals surface area contributed by atoms with Crippen LogP contribution in [0, 0.1) is 6.92 Å². The van der Waals surface area contributed by atoms with Gasteiger partial charge in [0.15, 0.2) is 0 Å². The zero-order chi connectivity index (χ0) is 21.5. The lowest BCUT2D eigenvalue weighted by Gasteiger charge is -2.26. The van der Waals surface area contributed by atoms with Gasteiger partial charge < -0.3 is 14.4 Å². The van der Waals surface area contributed by atoms with Gasteiger partial charge in [0.05, 0.1) is 42.1 Å². The van der Waals surface area contributed by atoms with Crippen molar-refractivity contribution in [3.63, 3.8) is 0 Å². The van der Waals surface area contributed by atoms with Crippen molar-refractivity contribution in [2.75, 3.05) is 26.3 Å². The Balaban J connectivity index is 1.38. The topological polar surface area (TPSA) is 97.4 Å². The van der Waals surface area contributed by atoms with Gasteiger partial charge in [0.25, 0.3) is 5.56 Å². The molecule has 0 unspecified atom stereocenters. The number of carbonyl (C=O) groups is 1. The highest BCUT2D eigenvalue weighted by molar-refractivity contribution is 6.30. The molecule has 8 nitrogen and oxygen atoms in total. The summed E-state index contributed by atoms with van der Waals surface area (Å²) in [4.78, 5) is 30.1. The fourth-order valence-corrected chi connectivity index (χ4v) is 3.18. The largest absolute Gasteiger partial charge is 0.486 e. The van der Waals surface area contributed by atoms with Crippen molar-refractivity contribution in [3.8, 4) is 5.75 Å². The average molecular weight is 433 g/mol. The van der Waals surface area contributed by atoms with Gasteiger partial charge in [0, 0.05) is 19.3 Å². The maximum atomic E-state index is 12.4. The summed E-state index contributed by atoms with van der Waals surface area (Å²) in [6.45, 7) is 5.35. The summed E-state index contributed by atoms with van der Waals surface area (Å²) in [6.07, 6.45) is 5.93. The van der Waals surface area contributed by atoms with Gasteiger partial charge in [-0.25, -0.2) is 5.10 Å². The summed E-state index contributed by atoms with van der Waals surface area (Å²) >= 11 is 5.88. The molecule has 0 aromatic carbocycles. The Morgan fingerprint density at radius 2 is 2.20 bits per heavy atom. The van der Waals surface area contributed by atoms with E-state index < -0.39 is 0 Å². The molecular weight excluding hydrogens is 408 g/mol. The van der Waals surface area contributed by atoms with Crippen LogP contribution in [0.4, 0.5) is 0 Å². The molecule has 9 heteroatoms. The van der Waals surface area contributed by atoms with Crippen LogP contribution in [-0.2, 0) is 9.53 Å². The SMILES string of the molecule is Cc1c(O[C@@H](C)COCCC(=O)N2CC=C(c3ccc(Cl)cn3)CC2)cn[nH]c1=O. The number of rotatable bonds is 8. The van der Waals surface area contributed by atoms with Crippen LogP contribution >= 0.6 is 11.6 Å². The highest BCUT2D eigenvalue weighted by Gasteiger charge is 2.18. The van der Waals surface area contributed by atoms with Crippen molar-refractivity contribution in [2.45, 2.75) is 32.8 Å². The smallest absolute Gasteiger partial charge is 0.270 e. The molecule has 2 aromatic rings. The fourth-order valence-electron chi connectivity index (χ4n) is 3.07. The van der Waals surface area contributed by atoms with Crippen molar-refractivity contribution < 1.29 is 14.3 Å². The molecule has 0 radical (unpaired) electrons. The van der Waals surface area contributed by atoms with Gasteiger partial charge in [-0.2, -0.15) is 5.10 Å². The minimum absolute atomic E-state index is 0.0533. The molecule has 3 heterocycles. The molecule has 2 aromatic heterocycles. The number of pyridine rings is 1. The number of amides is 1. The lowest BCUT2D eigenvalue weighted by atomic mass is 10.0. The average Bonchev–Trinajstić information content (AvgIpc) is 2.75. The number of hydrogen-bond acceptors (Lipinski definition) is 6. The predicted molar refractivity (Wildman–Crippen MR) is 114 cm³/mol. The van der Waals surface area contributed by atoms with Gasteiger partial charge in [0.2, 0.25) is 5.91 Å². The molecule has 1 aliphatic heterocycles. The maximum absolute atomic E-state index is 12.4. The zero-order valence-corrected chi connectivity index (χ0v) is 17.8. The van der Waals surface area contributed by atoms with Crippen LogP contribution < -0.4 is 10.3 Å². The molecule has 30 heavy (non-hydrogen) atoms. The lowest BCUT2D eigenvalue weighted by Crippen LogP contribution is -2.35. The third-order valence-corrected chi connectivity index (χ3v) is 5.04. The van der Waals surface area contributed by atoms with Crippen LogP contribution in [0.5, 0.6) is 5.75 Å². The molecule has 0 fully saturated rings. The summed E-state index contributed by atoms with van der Waals surface area (Å²) in [5, 5.41) is 6.69. The minimum atomic E-state index is -0.281. The van der Waals surface area contributed by atoms with Gasteiger partial charge in [0.1, 0.15) is 11.9 Å². The Kier molecular flexibility index (Phi) is 7.59. The molecular formula is C21H25ClN4O4. The van der Waals surface area contributed by atoms with Crippen LogP contribution in [0.2, 0.25) is 5.02 Å². The van der Waals surface area contributed by atoms with Crippen LogP contribution in [0.15, 0.2) is 35.4 Å². The Morgan fingerprint density at radius 1 is 1.37 bits per heavy atom. The van der Waals surface area contributed by atoms with Crippen LogP contribution in [0.25, 0.3) is 5.57 Å². The number of H-pyrrole nitrogens is 1. The van der Waals surface area contributed by atoms with E-state index in [1.807, 2.05) is 30.0 Å². The van der Waals surface area contributed by atoms with E-state index in [2.05, 4.69) is 15.2 Å². The Morgan fingerprint density at radius 3 is 2.90 bits per heavy atom. The monoisotopic (exact) mass is 432 g/mol. The normalized spacial score (nSPS) is 14.9. The lowest BCUT2D eigenvalue weighted by molar-refractivity contribution is -0.132. The van der Waals surface area contributed by atoms with E-state index in [1.165, 1.54) is 6.20 Å². The molecule has 160 valence electrons. The first kappa shape index (κ1) is 22.0. The highest BCUT2D eigenvalue weighted by Crippen LogP contribution is 2.22. The number of carbonyl (C=O) groups excluding carboxylic acids is 1. The number of nitrogens with one attached hydrogen (secondary N) is 1. The molecule has 0 bridgehead atoms. The molecule has 1 amide bonds. The second-order valence-corrected chi connectivity index (χ2v) is 7.56. The maximum Gasteiger partial charge on any atom is 0.270 e. The van der Waals surface area contributed by atoms with Gasteiger partial charge in [-0.3, -0.25) is 14.6 Å². The number of halogens is 1. The molecule has 0 saturated heterocycles. The second kappa shape index (κ2) is 10.4. The van der Waals surface area contributed by atoms with Crippen LogP contribution in [-0.4, -0.2) is 58.4 Å². The van der Waals surface area contributed by atoms with Crippen molar-refractivity contribution in [2.24, 2.45) is 0 Å². The summed E-state index contributed by atoms with van der Waals surface area (Å²) in [7, 11) is 0. The van der Waals surface area contributed by atoms with E-state index in [9.17, 15) is 9.59 Å². The molecule has 1 atom stereocenters. The molecule has 1 aliphatic rings. The van der Waals surface area contributed by atoms with Crippen molar-refractivity contribution in [1.82, 2.24) is 20.1 Å². The third-order valence-electron chi connectivity index (χ3n) is 4.82. The Labute approximate surface area is 179 Å². The van der Waals surface area contributed by atoms with E-state index in [-0.39, 0.29) is 17.6 Å². The number of nitrogens with zero attached hydrogens (tertiary/aromatic N) is 3. The van der Waals surface area contributed by atoms with Gasteiger partial charge in [-0.15, -0.1) is 0 Å². The minimum Gasteiger partial charge on any atom is -0.486 e. The van der Waals surface area contributed by atoms with E-state index in [0.717, 1.165) is 17.7 Å². The van der Waals surface area contributed by atoms with E-state index in [4.69, 9.17) is 21.1 Å². The number of ether oxygens (including phenoxy) is 2. The summed E-state index contributed by atoms with van der Waals surface area (Å²) in [6, 6.07) is 3.71. The predicted octanol–water partition coefficient (Wildman–Crippen LogP) is 2.62. The molecule has 0 saturated carbocycles. The Hall–Kier alpha value is -2.71. The van der Waals surface area contributed by atoms with Gasteiger partial charge in [-0.05, 0) is 38.0 Å². The highest BCUT2D eigenvalue weighted by atomic mass is 35.5.